The van der Waals surface area contributed by atoms with Crippen molar-refractivity contribution in [3.8, 4) is 0 Å². The molecule has 3 rings (SSSR count). The third kappa shape index (κ3) is 3.82. The van der Waals surface area contributed by atoms with Gasteiger partial charge in [0, 0.05) is 11.1 Å². The maximum Gasteiger partial charge on any atom is 0.420 e. The van der Waals surface area contributed by atoms with Gasteiger partial charge in [-0.15, -0.1) is 0 Å². The zero-order valence-corrected chi connectivity index (χ0v) is 17.5. The summed E-state index contributed by atoms with van der Waals surface area (Å²) in [6.07, 6.45) is 1.33. The van der Waals surface area contributed by atoms with E-state index in [1.54, 1.807) is 22.9 Å². The van der Waals surface area contributed by atoms with Crippen molar-refractivity contribution in [2.45, 2.75) is 49.6 Å². The first-order valence-corrected chi connectivity index (χ1v) is 10.2. The maximum absolute atomic E-state index is 13.0. The standard InChI is InChI=1S/C21H28N3O2S/c1-15(2)24(5,16(3)4)13-14-26-21(25)23-17-9-6-7-10-18(17)27-19-11-8-12-22-20(19)23/h6-12,15-16H,13-14H2,1-5H3/q+1. The summed E-state index contributed by atoms with van der Waals surface area (Å²) < 4.78 is 6.57. The normalized spacial score (nSPS) is 13.5. The lowest BCUT2D eigenvalue weighted by molar-refractivity contribution is -0.949. The topological polar surface area (TPSA) is 42.4 Å². The molecule has 0 atom stereocenters. The summed E-state index contributed by atoms with van der Waals surface area (Å²) in [5, 5.41) is 0. The number of amides is 1. The highest BCUT2D eigenvalue weighted by molar-refractivity contribution is 7.99. The summed E-state index contributed by atoms with van der Waals surface area (Å²) in [7, 11) is 2.22. The number of carbonyl (C=O) groups is 1. The van der Waals surface area contributed by atoms with Crippen LogP contribution in [0.5, 0.6) is 0 Å². The van der Waals surface area contributed by atoms with Crippen molar-refractivity contribution in [1.29, 1.82) is 0 Å². The zero-order valence-electron chi connectivity index (χ0n) is 16.7. The third-order valence-electron chi connectivity index (χ3n) is 5.63. The number of para-hydroxylation sites is 1. The number of hydrogen-bond donors (Lipinski definition) is 0. The second-order valence-corrected chi connectivity index (χ2v) is 8.69. The Balaban J connectivity index is 1.79. The average Bonchev–Trinajstić information content (AvgIpc) is 2.65. The van der Waals surface area contributed by atoms with Crippen LogP contribution in [-0.2, 0) is 4.74 Å². The first-order chi connectivity index (χ1) is 12.8. The molecule has 144 valence electrons. The van der Waals surface area contributed by atoms with Crippen LogP contribution in [0.15, 0.2) is 52.4 Å². The zero-order chi connectivity index (χ0) is 19.6. The summed E-state index contributed by atoms with van der Waals surface area (Å²) in [5.74, 6) is 0.635. The van der Waals surface area contributed by atoms with E-state index in [9.17, 15) is 4.79 Å². The van der Waals surface area contributed by atoms with Crippen LogP contribution >= 0.6 is 11.8 Å². The number of carbonyl (C=O) groups excluding carboxylic acids is 1. The van der Waals surface area contributed by atoms with E-state index in [2.05, 4.69) is 39.7 Å². The molecule has 1 aromatic heterocycles. The predicted molar refractivity (Wildman–Crippen MR) is 110 cm³/mol. The summed E-state index contributed by atoms with van der Waals surface area (Å²) in [6, 6.07) is 12.6. The lowest BCUT2D eigenvalue weighted by atomic mass is 10.1. The van der Waals surface area contributed by atoms with Gasteiger partial charge < -0.3 is 9.22 Å². The van der Waals surface area contributed by atoms with E-state index in [0.717, 1.165) is 26.5 Å². The van der Waals surface area contributed by atoms with Gasteiger partial charge in [0.05, 0.1) is 29.7 Å². The van der Waals surface area contributed by atoms with Crippen molar-refractivity contribution in [1.82, 2.24) is 4.98 Å². The Kier molecular flexibility index (Phi) is 5.77. The molecule has 0 bridgehead atoms. The van der Waals surface area contributed by atoms with Crippen LogP contribution < -0.4 is 4.90 Å². The fourth-order valence-electron chi connectivity index (χ4n) is 3.28. The molecule has 0 fully saturated rings. The van der Waals surface area contributed by atoms with Crippen LogP contribution in [0, 0.1) is 0 Å². The molecule has 0 radical (unpaired) electrons. The number of nitrogens with zero attached hydrogens (tertiary/aromatic N) is 3. The summed E-state index contributed by atoms with van der Waals surface area (Å²) in [4.78, 5) is 21.0. The van der Waals surface area contributed by atoms with E-state index in [0.29, 0.717) is 24.5 Å². The number of aromatic nitrogens is 1. The monoisotopic (exact) mass is 386 g/mol. The maximum atomic E-state index is 13.0. The molecule has 1 aliphatic rings. The van der Waals surface area contributed by atoms with Crippen LogP contribution in [0.25, 0.3) is 0 Å². The van der Waals surface area contributed by atoms with E-state index in [1.165, 1.54) is 0 Å². The molecule has 0 unspecified atom stereocenters. The van der Waals surface area contributed by atoms with Crippen molar-refractivity contribution in [2.75, 3.05) is 25.1 Å². The van der Waals surface area contributed by atoms with Gasteiger partial charge in [-0.25, -0.2) is 14.7 Å². The second-order valence-electron chi connectivity index (χ2n) is 7.60. The Morgan fingerprint density at radius 3 is 2.48 bits per heavy atom. The first kappa shape index (κ1) is 19.7. The van der Waals surface area contributed by atoms with Gasteiger partial charge in [-0.3, -0.25) is 0 Å². The molecule has 27 heavy (non-hydrogen) atoms. The molecular weight excluding hydrogens is 358 g/mol. The molecule has 6 heteroatoms. The van der Waals surface area contributed by atoms with E-state index < -0.39 is 0 Å². The van der Waals surface area contributed by atoms with Crippen LogP contribution in [0.3, 0.4) is 0 Å². The third-order valence-corrected chi connectivity index (χ3v) is 6.73. The molecule has 0 aliphatic carbocycles. The number of ether oxygens (including phenoxy) is 1. The lowest BCUT2D eigenvalue weighted by Crippen LogP contribution is -2.56. The molecule has 0 N–H and O–H groups in total. The molecule has 5 nitrogen and oxygen atoms in total. The summed E-state index contributed by atoms with van der Waals surface area (Å²) >= 11 is 1.62. The van der Waals surface area contributed by atoms with Crippen LogP contribution in [0.1, 0.15) is 27.7 Å². The minimum Gasteiger partial charge on any atom is -0.443 e. The van der Waals surface area contributed by atoms with Crippen LogP contribution in [-0.4, -0.2) is 47.8 Å². The molecule has 0 spiro atoms. The fraction of sp³-hybridized carbons (Fsp3) is 0.429. The Hall–Kier alpha value is -2.05. The van der Waals surface area contributed by atoms with E-state index >= 15 is 0 Å². The minimum atomic E-state index is -0.373. The van der Waals surface area contributed by atoms with Crippen molar-refractivity contribution in [3.63, 3.8) is 0 Å². The fourth-order valence-corrected chi connectivity index (χ4v) is 4.31. The van der Waals surface area contributed by atoms with Gasteiger partial charge >= 0.3 is 6.09 Å². The Morgan fingerprint density at radius 1 is 1.11 bits per heavy atom. The highest BCUT2D eigenvalue weighted by atomic mass is 32.2. The van der Waals surface area contributed by atoms with Gasteiger partial charge in [-0.05, 0) is 52.0 Å². The average molecular weight is 387 g/mol. The number of pyridine rings is 1. The van der Waals surface area contributed by atoms with Crippen LogP contribution in [0.4, 0.5) is 16.3 Å². The van der Waals surface area contributed by atoms with Gasteiger partial charge in [0.25, 0.3) is 0 Å². The molecule has 1 aromatic carbocycles. The van der Waals surface area contributed by atoms with Crippen molar-refractivity contribution < 1.29 is 14.0 Å². The second kappa shape index (κ2) is 7.90. The first-order valence-electron chi connectivity index (χ1n) is 9.38. The quantitative estimate of drug-likeness (QED) is 0.672. The molecule has 2 aromatic rings. The van der Waals surface area contributed by atoms with E-state index in [1.807, 2.05) is 36.4 Å². The highest BCUT2D eigenvalue weighted by Gasteiger charge is 2.33. The van der Waals surface area contributed by atoms with Gasteiger partial charge in [0.2, 0.25) is 0 Å². The number of quaternary nitrogens is 1. The van der Waals surface area contributed by atoms with Crippen molar-refractivity contribution in [3.05, 3.63) is 42.6 Å². The molecular formula is C21H28N3O2S+. The van der Waals surface area contributed by atoms with Crippen LogP contribution in [0.2, 0.25) is 0 Å². The largest absolute Gasteiger partial charge is 0.443 e. The number of hydrogen-bond acceptors (Lipinski definition) is 4. The van der Waals surface area contributed by atoms with Gasteiger partial charge in [-0.1, -0.05) is 23.9 Å². The Morgan fingerprint density at radius 2 is 1.78 bits per heavy atom. The number of rotatable bonds is 5. The number of fused-ring (bicyclic) bond motifs is 2. The van der Waals surface area contributed by atoms with Gasteiger partial charge in [-0.2, -0.15) is 0 Å². The summed E-state index contributed by atoms with van der Waals surface area (Å²) in [6.45, 7) is 9.99. The van der Waals surface area contributed by atoms with Crippen molar-refractivity contribution >= 4 is 29.4 Å². The molecule has 1 amide bonds. The molecule has 1 aliphatic heterocycles. The molecule has 0 saturated heterocycles. The smallest absolute Gasteiger partial charge is 0.420 e. The molecule has 0 saturated carbocycles. The Labute approximate surface area is 165 Å². The molecule has 2 heterocycles. The van der Waals surface area contributed by atoms with Gasteiger partial charge in [0.1, 0.15) is 13.2 Å². The number of likely N-dealkylation sites (N-methyl/N-ethyl adjacent to an activating group) is 1. The Bertz CT molecular complexity index is 769. The lowest BCUT2D eigenvalue weighted by Gasteiger charge is -2.42. The predicted octanol–water partition coefficient (Wildman–Crippen LogP) is 5.08. The SMILES string of the molecule is CC(C)[N+](C)(CCOC(=O)N1c2ccccc2Sc2cccnc21)C(C)C. The highest BCUT2D eigenvalue weighted by Crippen LogP contribution is 2.47. The van der Waals surface area contributed by atoms with Gasteiger partial charge in [0.15, 0.2) is 5.82 Å². The minimum absolute atomic E-state index is 0.373. The number of benzene rings is 1. The summed E-state index contributed by atoms with van der Waals surface area (Å²) in [5.41, 5.74) is 0.823. The van der Waals surface area contributed by atoms with E-state index in [4.69, 9.17) is 4.74 Å². The van der Waals surface area contributed by atoms with Crippen molar-refractivity contribution in [2.24, 2.45) is 0 Å². The number of anilines is 2. The van der Waals surface area contributed by atoms with E-state index in [-0.39, 0.29) is 6.09 Å².